The van der Waals surface area contributed by atoms with Gasteiger partial charge in [-0.2, -0.15) is 0 Å². The number of piperidine rings is 1. The van der Waals surface area contributed by atoms with E-state index in [-0.39, 0.29) is 0 Å². The summed E-state index contributed by atoms with van der Waals surface area (Å²) in [6, 6.07) is 1.05. The summed E-state index contributed by atoms with van der Waals surface area (Å²) in [5.41, 5.74) is 0. The van der Waals surface area contributed by atoms with E-state index < -0.39 is 7.59 Å². The van der Waals surface area contributed by atoms with Crippen LogP contribution in [0.2, 0.25) is 0 Å². The first kappa shape index (κ1) is 13.1. The van der Waals surface area contributed by atoms with Crippen LogP contribution in [0.25, 0.3) is 0 Å². The Hall–Kier alpha value is 0.110. The number of likely N-dealkylation sites (N-methyl/N-ethyl adjacent to an activating group) is 2. The molecule has 1 aliphatic carbocycles. The lowest BCUT2D eigenvalue weighted by Crippen LogP contribution is -2.37. The number of nitrogens with zero attached hydrogens (tertiary/aromatic N) is 3. The van der Waals surface area contributed by atoms with Gasteiger partial charge in [0.1, 0.15) is 0 Å². The quantitative estimate of drug-likeness (QED) is 0.685. The zero-order valence-corrected chi connectivity index (χ0v) is 12.6. The standard InChI is InChI=1S/C13H26N3OP/c1-14-12-8-4-5-9-13(12)15(2)18(14,17)16-10-6-3-7-11-16/h12-13H,3-11H2,1-2H3/t12-,13+,18?. The summed E-state index contributed by atoms with van der Waals surface area (Å²) in [6.45, 7) is 2.04. The molecule has 0 radical (unpaired) electrons. The fourth-order valence-electron chi connectivity index (χ4n) is 4.11. The first-order valence-corrected chi connectivity index (χ1v) is 9.04. The second kappa shape index (κ2) is 4.90. The van der Waals surface area contributed by atoms with E-state index in [2.05, 4.69) is 28.1 Å². The lowest BCUT2D eigenvalue weighted by Gasteiger charge is -2.38. The average Bonchev–Trinajstić information content (AvgIpc) is 2.64. The molecular formula is C13H26N3OP. The van der Waals surface area contributed by atoms with E-state index in [0.717, 1.165) is 13.1 Å². The minimum absolute atomic E-state index is 0.525. The molecule has 104 valence electrons. The van der Waals surface area contributed by atoms with Crippen LogP contribution in [0, 0.1) is 0 Å². The van der Waals surface area contributed by atoms with Crippen LogP contribution in [0.15, 0.2) is 0 Å². The molecule has 1 saturated carbocycles. The van der Waals surface area contributed by atoms with Gasteiger partial charge in [-0.3, -0.25) is 4.57 Å². The summed E-state index contributed by atoms with van der Waals surface area (Å²) in [5, 5.41) is 0. The lowest BCUT2D eigenvalue weighted by atomic mass is 9.91. The normalized spacial score (nSPS) is 44.1. The Bertz CT molecular complexity index is 334. The van der Waals surface area contributed by atoms with Crippen molar-refractivity contribution in [2.75, 3.05) is 27.2 Å². The van der Waals surface area contributed by atoms with Gasteiger partial charge in [-0.15, -0.1) is 0 Å². The third kappa shape index (κ3) is 1.81. The maximum absolute atomic E-state index is 13.6. The Balaban J connectivity index is 1.87. The van der Waals surface area contributed by atoms with Crippen LogP contribution in [0.5, 0.6) is 0 Å². The van der Waals surface area contributed by atoms with Gasteiger partial charge in [-0.25, -0.2) is 14.0 Å². The third-order valence-corrected chi connectivity index (χ3v) is 8.55. The molecular weight excluding hydrogens is 245 g/mol. The summed E-state index contributed by atoms with van der Waals surface area (Å²) in [7, 11) is 1.77. The Morgan fingerprint density at radius 1 is 0.833 bits per heavy atom. The molecule has 2 heterocycles. The number of hydrogen-bond donors (Lipinski definition) is 0. The number of rotatable bonds is 1. The number of hydrogen-bond acceptors (Lipinski definition) is 1. The highest BCUT2D eigenvalue weighted by Gasteiger charge is 2.54. The average molecular weight is 271 g/mol. The van der Waals surface area contributed by atoms with Crippen molar-refractivity contribution in [2.24, 2.45) is 0 Å². The molecule has 1 unspecified atom stereocenters. The zero-order valence-electron chi connectivity index (χ0n) is 11.7. The molecule has 18 heavy (non-hydrogen) atoms. The minimum atomic E-state index is -2.43. The largest absolute Gasteiger partial charge is 0.286 e. The Morgan fingerprint density at radius 2 is 1.33 bits per heavy atom. The first-order chi connectivity index (χ1) is 8.65. The fourth-order valence-corrected chi connectivity index (χ4v) is 7.47. The highest BCUT2D eigenvalue weighted by Crippen LogP contribution is 2.64. The Kier molecular flexibility index (Phi) is 3.57. The van der Waals surface area contributed by atoms with Crippen LogP contribution in [0.1, 0.15) is 44.9 Å². The third-order valence-electron chi connectivity index (χ3n) is 5.18. The topological polar surface area (TPSA) is 26.8 Å². The van der Waals surface area contributed by atoms with Crippen LogP contribution >= 0.6 is 7.59 Å². The molecule has 0 bridgehead atoms. The van der Waals surface area contributed by atoms with Gasteiger partial charge in [-0.1, -0.05) is 19.3 Å². The Morgan fingerprint density at radius 3 is 1.83 bits per heavy atom. The van der Waals surface area contributed by atoms with Gasteiger partial charge in [0.05, 0.1) is 0 Å². The maximum Gasteiger partial charge on any atom is 0.286 e. The monoisotopic (exact) mass is 271 g/mol. The van der Waals surface area contributed by atoms with Crippen molar-refractivity contribution in [1.29, 1.82) is 0 Å². The minimum Gasteiger partial charge on any atom is -0.270 e. The van der Waals surface area contributed by atoms with E-state index in [9.17, 15) is 4.57 Å². The summed E-state index contributed by atoms with van der Waals surface area (Å²) >= 11 is 0. The molecule has 3 rings (SSSR count). The smallest absolute Gasteiger partial charge is 0.270 e. The van der Waals surface area contributed by atoms with Crippen molar-refractivity contribution < 1.29 is 4.57 Å². The molecule has 0 N–H and O–H groups in total. The second-order valence-electron chi connectivity index (χ2n) is 6.09. The fraction of sp³-hybridized carbons (Fsp3) is 1.00. The van der Waals surface area contributed by atoms with Gasteiger partial charge >= 0.3 is 0 Å². The van der Waals surface area contributed by atoms with E-state index in [4.69, 9.17) is 0 Å². The predicted octanol–water partition coefficient (Wildman–Crippen LogP) is 2.77. The van der Waals surface area contributed by atoms with Crippen molar-refractivity contribution in [1.82, 2.24) is 14.0 Å². The molecule has 3 atom stereocenters. The molecule has 0 aromatic rings. The van der Waals surface area contributed by atoms with Crippen molar-refractivity contribution in [2.45, 2.75) is 57.0 Å². The molecule has 0 aromatic heterocycles. The van der Waals surface area contributed by atoms with Crippen molar-refractivity contribution in [3.05, 3.63) is 0 Å². The van der Waals surface area contributed by atoms with Crippen LogP contribution in [-0.2, 0) is 4.57 Å². The van der Waals surface area contributed by atoms with Crippen LogP contribution in [0.3, 0.4) is 0 Å². The molecule has 0 amide bonds. The molecule has 3 aliphatic rings. The SMILES string of the molecule is CN1[C@@H]2CCCC[C@@H]2N(C)P1(=O)N1CCCCC1. The van der Waals surface area contributed by atoms with Gasteiger partial charge < -0.3 is 0 Å². The lowest BCUT2D eigenvalue weighted by molar-refractivity contribution is 0.233. The van der Waals surface area contributed by atoms with E-state index >= 15 is 0 Å². The summed E-state index contributed by atoms with van der Waals surface area (Å²) in [4.78, 5) is 0. The van der Waals surface area contributed by atoms with Crippen molar-refractivity contribution >= 4 is 7.59 Å². The molecule has 2 aliphatic heterocycles. The van der Waals surface area contributed by atoms with Gasteiger partial charge in [0.25, 0.3) is 7.59 Å². The highest BCUT2D eigenvalue weighted by molar-refractivity contribution is 7.56. The predicted molar refractivity (Wildman–Crippen MR) is 74.6 cm³/mol. The maximum atomic E-state index is 13.6. The van der Waals surface area contributed by atoms with Crippen LogP contribution in [-0.4, -0.2) is 53.3 Å². The molecule has 3 fully saturated rings. The second-order valence-corrected chi connectivity index (χ2v) is 8.95. The summed E-state index contributed by atoms with van der Waals surface area (Å²) in [6.07, 6.45) is 8.78. The highest BCUT2D eigenvalue weighted by atomic mass is 31.2. The Labute approximate surface area is 111 Å². The van der Waals surface area contributed by atoms with Crippen LogP contribution < -0.4 is 0 Å². The van der Waals surface area contributed by atoms with E-state index in [1.807, 2.05) is 0 Å². The molecule has 4 nitrogen and oxygen atoms in total. The zero-order chi connectivity index (χ0) is 12.8. The van der Waals surface area contributed by atoms with Gasteiger partial charge in [-0.05, 0) is 39.8 Å². The van der Waals surface area contributed by atoms with E-state index in [1.165, 1.54) is 44.9 Å². The van der Waals surface area contributed by atoms with Crippen molar-refractivity contribution in [3.63, 3.8) is 0 Å². The molecule has 0 aromatic carbocycles. The van der Waals surface area contributed by atoms with Gasteiger partial charge in [0.15, 0.2) is 0 Å². The summed E-state index contributed by atoms with van der Waals surface area (Å²) < 4.78 is 20.3. The van der Waals surface area contributed by atoms with Gasteiger partial charge in [0.2, 0.25) is 0 Å². The van der Waals surface area contributed by atoms with Crippen molar-refractivity contribution in [3.8, 4) is 0 Å². The number of fused-ring (bicyclic) bond motifs is 1. The van der Waals surface area contributed by atoms with Crippen LogP contribution in [0.4, 0.5) is 0 Å². The summed E-state index contributed by atoms with van der Waals surface area (Å²) in [5.74, 6) is 0. The molecule has 5 heteroatoms. The molecule has 2 saturated heterocycles. The molecule has 0 spiro atoms. The van der Waals surface area contributed by atoms with E-state index in [1.54, 1.807) is 0 Å². The van der Waals surface area contributed by atoms with E-state index in [0.29, 0.717) is 12.1 Å². The first-order valence-electron chi connectivity index (χ1n) is 7.48. The van der Waals surface area contributed by atoms with Gasteiger partial charge in [0, 0.05) is 25.2 Å².